The van der Waals surface area contributed by atoms with Crippen LogP contribution in [-0.2, 0) is 16.0 Å². The molecule has 0 aliphatic carbocycles. The van der Waals surface area contributed by atoms with Crippen molar-refractivity contribution in [3.05, 3.63) is 29.3 Å². The van der Waals surface area contributed by atoms with Crippen LogP contribution in [0, 0.1) is 0 Å². The van der Waals surface area contributed by atoms with Crippen molar-refractivity contribution >= 4 is 17.6 Å². The first-order chi connectivity index (χ1) is 9.52. The molecular weight excluding hydrogens is 256 g/mol. The molecule has 20 heavy (non-hydrogen) atoms. The van der Waals surface area contributed by atoms with Crippen LogP contribution < -0.4 is 5.32 Å². The molecule has 0 saturated heterocycles. The first-order valence-electron chi connectivity index (χ1n) is 6.77. The minimum Gasteiger partial charge on any atom is -0.468 e. The molecular formula is C15H20N2O3. The SMILES string of the molecule is COC(=O)CN(C(=O)c1ccc2c(c1)NCC2)C(C)C. The summed E-state index contributed by atoms with van der Waals surface area (Å²) in [7, 11) is 1.32. The average Bonchev–Trinajstić information content (AvgIpc) is 2.90. The lowest BCUT2D eigenvalue weighted by Gasteiger charge is -2.25. The highest BCUT2D eigenvalue weighted by Gasteiger charge is 2.23. The van der Waals surface area contributed by atoms with Crippen molar-refractivity contribution in [2.75, 3.05) is 25.5 Å². The molecule has 1 amide bonds. The Bertz CT molecular complexity index is 526. The van der Waals surface area contributed by atoms with Crippen LogP contribution in [0.2, 0.25) is 0 Å². The van der Waals surface area contributed by atoms with Crippen LogP contribution in [0.4, 0.5) is 5.69 Å². The minimum atomic E-state index is -0.411. The van der Waals surface area contributed by atoms with E-state index in [1.807, 2.05) is 32.0 Å². The lowest BCUT2D eigenvalue weighted by molar-refractivity contribution is -0.141. The van der Waals surface area contributed by atoms with Crippen molar-refractivity contribution in [2.45, 2.75) is 26.3 Å². The second kappa shape index (κ2) is 5.94. The molecule has 0 bridgehead atoms. The molecule has 5 nitrogen and oxygen atoms in total. The first kappa shape index (κ1) is 14.4. The fourth-order valence-electron chi connectivity index (χ4n) is 2.28. The van der Waals surface area contributed by atoms with Gasteiger partial charge in [0.15, 0.2) is 0 Å². The number of carbonyl (C=O) groups is 2. The van der Waals surface area contributed by atoms with Crippen molar-refractivity contribution in [3.8, 4) is 0 Å². The topological polar surface area (TPSA) is 58.6 Å². The molecule has 0 saturated carbocycles. The molecule has 0 aromatic heterocycles. The Kier molecular flexibility index (Phi) is 4.27. The third-order valence-corrected chi connectivity index (χ3v) is 3.48. The number of methoxy groups -OCH3 is 1. The molecule has 0 radical (unpaired) electrons. The molecule has 1 heterocycles. The van der Waals surface area contributed by atoms with Gasteiger partial charge in [0.2, 0.25) is 0 Å². The summed E-state index contributed by atoms with van der Waals surface area (Å²) in [6.07, 6.45) is 0.986. The van der Waals surface area contributed by atoms with E-state index in [2.05, 4.69) is 10.1 Å². The molecule has 0 atom stereocenters. The summed E-state index contributed by atoms with van der Waals surface area (Å²) in [6.45, 7) is 4.64. The van der Waals surface area contributed by atoms with Gasteiger partial charge in [-0.15, -0.1) is 0 Å². The van der Waals surface area contributed by atoms with Crippen LogP contribution in [-0.4, -0.2) is 43.0 Å². The zero-order chi connectivity index (χ0) is 14.7. The Hall–Kier alpha value is -2.04. The van der Waals surface area contributed by atoms with Gasteiger partial charge in [-0.1, -0.05) is 6.07 Å². The second-order valence-corrected chi connectivity index (χ2v) is 5.15. The number of carbonyl (C=O) groups excluding carboxylic acids is 2. The van der Waals surface area contributed by atoms with Crippen LogP contribution in [0.25, 0.3) is 0 Å². The summed E-state index contributed by atoms with van der Waals surface area (Å²) in [5.41, 5.74) is 2.83. The Balaban J connectivity index is 2.21. The first-order valence-corrected chi connectivity index (χ1v) is 6.77. The number of ether oxygens (including phenoxy) is 1. The minimum absolute atomic E-state index is 0.0302. The van der Waals surface area contributed by atoms with Crippen molar-refractivity contribution in [1.29, 1.82) is 0 Å². The Labute approximate surface area is 118 Å². The highest BCUT2D eigenvalue weighted by molar-refractivity contribution is 5.97. The lowest BCUT2D eigenvalue weighted by Crippen LogP contribution is -2.41. The van der Waals surface area contributed by atoms with Gasteiger partial charge in [0.05, 0.1) is 7.11 Å². The average molecular weight is 276 g/mol. The zero-order valence-corrected chi connectivity index (χ0v) is 12.1. The monoisotopic (exact) mass is 276 g/mol. The van der Waals surface area contributed by atoms with Gasteiger partial charge in [-0.2, -0.15) is 0 Å². The molecule has 1 aromatic carbocycles. The van der Waals surface area contributed by atoms with E-state index in [0.29, 0.717) is 5.56 Å². The van der Waals surface area contributed by atoms with Crippen molar-refractivity contribution < 1.29 is 14.3 Å². The Morgan fingerprint density at radius 3 is 2.80 bits per heavy atom. The molecule has 108 valence electrons. The summed E-state index contributed by atoms with van der Waals surface area (Å²) in [5.74, 6) is -0.562. The van der Waals surface area contributed by atoms with Gasteiger partial charge in [0.25, 0.3) is 5.91 Å². The van der Waals surface area contributed by atoms with Gasteiger partial charge in [-0.25, -0.2) is 0 Å². The number of fused-ring (bicyclic) bond motifs is 1. The highest BCUT2D eigenvalue weighted by atomic mass is 16.5. The fraction of sp³-hybridized carbons (Fsp3) is 0.467. The van der Waals surface area contributed by atoms with E-state index in [1.54, 1.807) is 0 Å². The van der Waals surface area contributed by atoms with Crippen LogP contribution in [0.15, 0.2) is 18.2 Å². The number of rotatable bonds is 4. The summed E-state index contributed by atoms with van der Waals surface area (Å²) >= 11 is 0. The van der Waals surface area contributed by atoms with Gasteiger partial charge in [-0.05, 0) is 38.0 Å². The number of nitrogens with zero attached hydrogens (tertiary/aromatic N) is 1. The van der Waals surface area contributed by atoms with Crippen LogP contribution in [0.3, 0.4) is 0 Å². The highest BCUT2D eigenvalue weighted by Crippen LogP contribution is 2.24. The maximum absolute atomic E-state index is 12.5. The summed E-state index contributed by atoms with van der Waals surface area (Å²) < 4.78 is 4.65. The third-order valence-electron chi connectivity index (χ3n) is 3.48. The van der Waals surface area contributed by atoms with Crippen molar-refractivity contribution in [2.24, 2.45) is 0 Å². The van der Waals surface area contributed by atoms with Gasteiger partial charge in [0.1, 0.15) is 6.54 Å². The van der Waals surface area contributed by atoms with E-state index in [-0.39, 0.29) is 18.5 Å². The van der Waals surface area contributed by atoms with E-state index in [4.69, 9.17) is 0 Å². The standard InChI is InChI=1S/C15H20N2O3/c1-10(2)17(9-14(18)20-3)15(19)12-5-4-11-6-7-16-13(11)8-12/h4-5,8,10,16H,6-7,9H2,1-3H3. The maximum Gasteiger partial charge on any atom is 0.325 e. The van der Waals surface area contributed by atoms with Gasteiger partial charge < -0.3 is 15.0 Å². The number of nitrogens with one attached hydrogen (secondary N) is 1. The molecule has 0 unspecified atom stereocenters. The summed E-state index contributed by atoms with van der Waals surface area (Å²) in [5, 5.41) is 3.25. The normalized spacial score (nSPS) is 12.8. The number of hydrogen-bond acceptors (Lipinski definition) is 4. The molecule has 1 N–H and O–H groups in total. The molecule has 0 fully saturated rings. The number of amides is 1. The van der Waals surface area contributed by atoms with Crippen LogP contribution in [0.1, 0.15) is 29.8 Å². The van der Waals surface area contributed by atoms with Gasteiger partial charge >= 0.3 is 5.97 Å². The second-order valence-electron chi connectivity index (χ2n) is 5.15. The molecule has 0 spiro atoms. The third kappa shape index (κ3) is 2.92. The predicted octanol–water partition coefficient (Wildman–Crippen LogP) is 1.68. The van der Waals surface area contributed by atoms with Crippen molar-refractivity contribution in [1.82, 2.24) is 4.90 Å². The zero-order valence-electron chi connectivity index (χ0n) is 12.1. The Morgan fingerprint density at radius 1 is 1.40 bits per heavy atom. The summed E-state index contributed by atoms with van der Waals surface area (Å²) in [4.78, 5) is 25.5. The number of esters is 1. The van der Waals surface area contributed by atoms with Gasteiger partial charge in [-0.3, -0.25) is 9.59 Å². The summed E-state index contributed by atoms with van der Waals surface area (Å²) in [6, 6.07) is 5.58. The number of anilines is 1. The van der Waals surface area contributed by atoms with E-state index < -0.39 is 5.97 Å². The number of benzene rings is 1. The van der Waals surface area contributed by atoms with Gasteiger partial charge in [0, 0.05) is 23.8 Å². The number of hydrogen-bond donors (Lipinski definition) is 1. The van der Waals surface area contributed by atoms with Crippen molar-refractivity contribution in [3.63, 3.8) is 0 Å². The largest absolute Gasteiger partial charge is 0.468 e. The fourth-order valence-corrected chi connectivity index (χ4v) is 2.28. The maximum atomic E-state index is 12.5. The quantitative estimate of drug-likeness (QED) is 0.850. The predicted molar refractivity (Wildman–Crippen MR) is 76.8 cm³/mol. The van der Waals surface area contributed by atoms with E-state index in [0.717, 1.165) is 18.7 Å². The lowest BCUT2D eigenvalue weighted by atomic mass is 10.1. The van der Waals surface area contributed by atoms with Crippen LogP contribution in [0.5, 0.6) is 0 Å². The smallest absolute Gasteiger partial charge is 0.325 e. The molecule has 5 heteroatoms. The molecule has 1 aliphatic heterocycles. The van der Waals surface area contributed by atoms with E-state index >= 15 is 0 Å². The molecule has 1 aliphatic rings. The van der Waals surface area contributed by atoms with E-state index in [1.165, 1.54) is 17.6 Å². The molecule has 2 rings (SSSR count). The van der Waals surface area contributed by atoms with Crippen LogP contribution >= 0.6 is 0 Å². The Morgan fingerprint density at radius 2 is 2.15 bits per heavy atom. The molecule has 1 aromatic rings. The van der Waals surface area contributed by atoms with E-state index in [9.17, 15) is 9.59 Å².